The third-order valence-corrected chi connectivity index (χ3v) is 5.91. The zero-order valence-electron chi connectivity index (χ0n) is 19.5. The first-order valence-electron chi connectivity index (χ1n) is 11.3. The number of nitrogens with zero attached hydrogens (tertiary/aromatic N) is 4. The van der Waals surface area contributed by atoms with Crippen LogP contribution < -0.4 is 10.1 Å². The third-order valence-electron chi connectivity index (χ3n) is 5.91. The summed E-state index contributed by atoms with van der Waals surface area (Å²) in [5, 5.41) is 7.46. The van der Waals surface area contributed by atoms with Gasteiger partial charge in [0.05, 0.1) is 36.1 Å². The van der Waals surface area contributed by atoms with E-state index in [1.54, 1.807) is 7.11 Å². The highest BCUT2D eigenvalue weighted by atomic mass is 16.5. The summed E-state index contributed by atoms with van der Waals surface area (Å²) >= 11 is 0. The van der Waals surface area contributed by atoms with Crippen molar-refractivity contribution in [1.29, 1.82) is 0 Å². The molecule has 0 aliphatic carbocycles. The zero-order chi connectivity index (χ0) is 23.7. The monoisotopic (exact) mass is 461 g/mol. The van der Waals surface area contributed by atoms with Gasteiger partial charge in [-0.05, 0) is 55.8 Å². The number of hydrogen-bond acceptors (Lipinski definition) is 6. The lowest BCUT2D eigenvalue weighted by Gasteiger charge is -2.14. The molecular formula is C25H27N5O4. The second-order valence-electron chi connectivity index (χ2n) is 8.18. The van der Waals surface area contributed by atoms with Crippen molar-refractivity contribution in [3.63, 3.8) is 0 Å². The minimum Gasteiger partial charge on any atom is -0.496 e. The van der Waals surface area contributed by atoms with Crippen molar-refractivity contribution in [3.8, 4) is 17.0 Å². The van der Waals surface area contributed by atoms with Gasteiger partial charge < -0.3 is 18.8 Å². The summed E-state index contributed by atoms with van der Waals surface area (Å²) in [6, 6.07) is 13.6. The van der Waals surface area contributed by atoms with Crippen LogP contribution in [0.5, 0.6) is 5.75 Å². The Morgan fingerprint density at radius 1 is 1.21 bits per heavy atom. The molecule has 9 nitrogen and oxygen atoms in total. The Morgan fingerprint density at radius 3 is 2.91 bits per heavy atom. The number of imidazole rings is 1. The summed E-state index contributed by atoms with van der Waals surface area (Å²) in [5.74, 6) is 1.66. The summed E-state index contributed by atoms with van der Waals surface area (Å²) in [6.07, 6.45) is -0.537. The standard InChI is InChI=1S/C25H27N5O4/c1-4-30-18(13-20(28-30)19-7-5-16(2)11-23(19)32-3)14-34-25(31)26-17-6-8-22-21(12-17)27-24-15-33-10-9-29(22)24/h5-8,11-13H,4,9-10,14-15H2,1-3H3,(H,26,31). The number of rotatable bonds is 6. The number of anilines is 1. The number of carbonyl (C=O) groups excluding carboxylic acids is 1. The molecule has 2 aromatic carbocycles. The largest absolute Gasteiger partial charge is 0.496 e. The minimum absolute atomic E-state index is 0.0964. The highest BCUT2D eigenvalue weighted by Crippen LogP contribution is 2.30. The molecule has 5 rings (SSSR count). The van der Waals surface area contributed by atoms with Gasteiger partial charge in [-0.3, -0.25) is 10.00 Å². The molecule has 176 valence electrons. The molecule has 0 atom stereocenters. The van der Waals surface area contributed by atoms with E-state index in [-0.39, 0.29) is 6.61 Å². The Kier molecular flexibility index (Phi) is 5.93. The molecule has 0 saturated heterocycles. The quantitative estimate of drug-likeness (QED) is 0.454. The van der Waals surface area contributed by atoms with Crippen LogP contribution in [-0.4, -0.2) is 39.1 Å². The topological polar surface area (TPSA) is 92.4 Å². The average molecular weight is 462 g/mol. The van der Waals surface area contributed by atoms with Crippen molar-refractivity contribution >= 4 is 22.8 Å². The number of methoxy groups -OCH3 is 1. The van der Waals surface area contributed by atoms with Crippen molar-refractivity contribution in [2.45, 2.75) is 40.2 Å². The fraction of sp³-hybridized carbons (Fsp3) is 0.320. The Balaban J connectivity index is 1.28. The Morgan fingerprint density at radius 2 is 2.09 bits per heavy atom. The van der Waals surface area contributed by atoms with Gasteiger partial charge in [0.25, 0.3) is 0 Å². The maximum atomic E-state index is 12.5. The van der Waals surface area contributed by atoms with Crippen LogP contribution in [0.1, 0.15) is 24.0 Å². The van der Waals surface area contributed by atoms with Crippen molar-refractivity contribution in [2.75, 3.05) is 19.0 Å². The molecular weight excluding hydrogens is 434 g/mol. The van der Waals surface area contributed by atoms with Gasteiger partial charge in [-0.15, -0.1) is 0 Å². The van der Waals surface area contributed by atoms with Gasteiger partial charge in [-0.1, -0.05) is 6.07 Å². The second-order valence-corrected chi connectivity index (χ2v) is 8.18. The molecule has 9 heteroatoms. The normalized spacial score (nSPS) is 13.0. The Labute approximate surface area is 197 Å². The third kappa shape index (κ3) is 4.22. The van der Waals surface area contributed by atoms with Crippen LogP contribution in [0.25, 0.3) is 22.3 Å². The van der Waals surface area contributed by atoms with Gasteiger partial charge in [0.2, 0.25) is 0 Å². The number of benzene rings is 2. The van der Waals surface area contributed by atoms with Gasteiger partial charge >= 0.3 is 6.09 Å². The van der Waals surface area contributed by atoms with E-state index in [9.17, 15) is 4.79 Å². The van der Waals surface area contributed by atoms with Crippen LogP contribution in [0.15, 0.2) is 42.5 Å². The SMILES string of the molecule is CCn1nc(-c2ccc(C)cc2OC)cc1COC(=O)Nc1ccc2c(c1)nc1n2CCOC1. The number of aromatic nitrogens is 4. The number of amides is 1. The summed E-state index contributed by atoms with van der Waals surface area (Å²) in [5.41, 5.74) is 6.05. The van der Waals surface area contributed by atoms with E-state index in [2.05, 4.69) is 20.0 Å². The summed E-state index contributed by atoms with van der Waals surface area (Å²) in [6.45, 7) is 6.72. The number of aryl methyl sites for hydroxylation is 2. The molecule has 1 aliphatic rings. The van der Waals surface area contributed by atoms with Crippen molar-refractivity contribution < 1.29 is 19.0 Å². The highest BCUT2D eigenvalue weighted by molar-refractivity contribution is 5.89. The van der Waals surface area contributed by atoms with Crippen molar-refractivity contribution in [2.24, 2.45) is 0 Å². The van der Waals surface area contributed by atoms with Gasteiger partial charge in [0.1, 0.15) is 24.8 Å². The molecule has 3 heterocycles. The Hall–Kier alpha value is -3.85. The summed E-state index contributed by atoms with van der Waals surface area (Å²) < 4.78 is 20.5. The van der Waals surface area contributed by atoms with E-state index in [1.807, 2.05) is 61.0 Å². The van der Waals surface area contributed by atoms with E-state index in [0.29, 0.717) is 25.4 Å². The van der Waals surface area contributed by atoms with Crippen molar-refractivity contribution in [3.05, 3.63) is 59.5 Å². The fourth-order valence-electron chi connectivity index (χ4n) is 4.22. The fourth-order valence-corrected chi connectivity index (χ4v) is 4.22. The highest BCUT2D eigenvalue weighted by Gasteiger charge is 2.17. The smallest absolute Gasteiger partial charge is 0.412 e. The predicted octanol–water partition coefficient (Wildman–Crippen LogP) is 4.52. The summed E-state index contributed by atoms with van der Waals surface area (Å²) in [7, 11) is 1.65. The van der Waals surface area contributed by atoms with Crippen LogP contribution in [0.2, 0.25) is 0 Å². The predicted molar refractivity (Wildman–Crippen MR) is 128 cm³/mol. The number of nitrogens with one attached hydrogen (secondary N) is 1. The lowest BCUT2D eigenvalue weighted by molar-refractivity contribution is 0.0830. The molecule has 1 amide bonds. The van der Waals surface area contributed by atoms with E-state index in [0.717, 1.165) is 51.7 Å². The molecule has 0 bridgehead atoms. The van der Waals surface area contributed by atoms with Crippen LogP contribution in [-0.2, 0) is 35.8 Å². The maximum Gasteiger partial charge on any atom is 0.412 e. The number of fused-ring (bicyclic) bond motifs is 3. The molecule has 4 aromatic rings. The van der Waals surface area contributed by atoms with Crippen LogP contribution in [0.4, 0.5) is 10.5 Å². The van der Waals surface area contributed by atoms with Crippen LogP contribution >= 0.6 is 0 Å². The van der Waals surface area contributed by atoms with E-state index < -0.39 is 6.09 Å². The molecule has 2 aromatic heterocycles. The Bertz CT molecular complexity index is 1360. The maximum absolute atomic E-state index is 12.5. The molecule has 0 saturated carbocycles. The van der Waals surface area contributed by atoms with Gasteiger partial charge in [0.15, 0.2) is 0 Å². The first-order valence-corrected chi connectivity index (χ1v) is 11.3. The first kappa shape index (κ1) is 22.0. The first-order chi connectivity index (χ1) is 16.6. The van der Waals surface area contributed by atoms with Crippen molar-refractivity contribution in [1.82, 2.24) is 19.3 Å². The van der Waals surface area contributed by atoms with Gasteiger partial charge in [0, 0.05) is 24.3 Å². The molecule has 34 heavy (non-hydrogen) atoms. The average Bonchev–Trinajstić information content (AvgIpc) is 3.43. The number of ether oxygens (including phenoxy) is 3. The van der Waals surface area contributed by atoms with E-state index in [1.165, 1.54) is 0 Å². The summed E-state index contributed by atoms with van der Waals surface area (Å²) in [4.78, 5) is 17.1. The number of hydrogen-bond donors (Lipinski definition) is 1. The van der Waals surface area contributed by atoms with Crippen LogP contribution in [0, 0.1) is 6.92 Å². The molecule has 0 spiro atoms. The zero-order valence-corrected chi connectivity index (χ0v) is 19.5. The molecule has 0 radical (unpaired) electrons. The second kappa shape index (κ2) is 9.18. The molecule has 0 unspecified atom stereocenters. The van der Waals surface area contributed by atoms with Crippen LogP contribution in [0.3, 0.4) is 0 Å². The van der Waals surface area contributed by atoms with E-state index >= 15 is 0 Å². The lowest BCUT2D eigenvalue weighted by atomic mass is 10.1. The lowest BCUT2D eigenvalue weighted by Crippen LogP contribution is -2.16. The minimum atomic E-state index is -0.537. The number of carbonyl (C=O) groups is 1. The molecule has 0 fully saturated rings. The molecule has 1 aliphatic heterocycles. The van der Waals surface area contributed by atoms with Gasteiger partial charge in [-0.2, -0.15) is 5.10 Å². The van der Waals surface area contributed by atoms with Gasteiger partial charge in [-0.25, -0.2) is 9.78 Å². The molecule has 1 N–H and O–H groups in total. The van der Waals surface area contributed by atoms with E-state index in [4.69, 9.17) is 14.2 Å².